The number of carbonyl (C=O) groups excluding carboxylic acids is 1. The smallest absolute Gasteiger partial charge is 0.409 e. The third kappa shape index (κ3) is 19.4. The first-order valence-electron chi connectivity index (χ1n) is 15.3. The Morgan fingerprint density at radius 2 is 1.24 bits per heavy atom. The maximum Gasteiger partial charge on any atom is 0.409 e. The van der Waals surface area contributed by atoms with Crippen LogP contribution in [0.1, 0.15) is 131 Å². The monoisotopic (exact) mass is 529 g/mol. The first-order valence-corrected chi connectivity index (χ1v) is 15.3. The molecule has 0 aliphatic heterocycles. The van der Waals surface area contributed by atoms with Crippen molar-refractivity contribution in [2.45, 2.75) is 137 Å². The number of ether oxygens (including phenoxy) is 3. The van der Waals surface area contributed by atoms with Gasteiger partial charge in [-0.25, -0.2) is 4.79 Å². The van der Waals surface area contributed by atoms with Crippen LogP contribution < -0.4 is 0 Å². The van der Waals surface area contributed by atoms with Gasteiger partial charge in [-0.15, -0.1) is 0 Å². The van der Waals surface area contributed by atoms with E-state index in [1.54, 1.807) is 4.90 Å². The number of carboxylic acids is 1. The van der Waals surface area contributed by atoms with Crippen LogP contribution in [0.5, 0.6) is 0 Å². The number of unbranched alkanes of at least 4 members (excludes halogenated alkanes) is 7. The zero-order valence-electron chi connectivity index (χ0n) is 24.8. The molecular weight excluding hydrogens is 470 g/mol. The largest absolute Gasteiger partial charge is 0.481 e. The van der Waals surface area contributed by atoms with Gasteiger partial charge in [-0.1, -0.05) is 91.4 Å². The van der Waals surface area contributed by atoms with E-state index in [-0.39, 0.29) is 18.6 Å². The van der Waals surface area contributed by atoms with E-state index in [0.717, 1.165) is 44.9 Å². The molecule has 0 fully saturated rings. The molecule has 1 N–H and O–H groups in total. The normalized spacial score (nSPS) is 12.3. The summed E-state index contributed by atoms with van der Waals surface area (Å²) >= 11 is 0. The molecule has 37 heavy (non-hydrogen) atoms. The molecule has 7 heteroatoms. The summed E-state index contributed by atoms with van der Waals surface area (Å²) in [5.41, 5.74) is 0. The van der Waals surface area contributed by atoms with Gasteiger partial charge in [0.15, 0.2) is 6.29 Å². The third-order valence-corrected chi connectivity index (χ3v) is 6.97. The van der Waals surface area contributed by atoms with Crippen molar-refractivity contribution in [1.82, 2.24) is 4.90 Å². The van der Waals surface area contributed by atoms with Gasteiger partial charge in [0.05, 0.1) is 5.92 Å². The predicted molar refractivity (Wildman–Crippen MR) is 151 cm³/mol. The number of carbonyl (C=O) groups is 2. The molecule has 0 spiro atoms. The van der Waals surface area contributed by atoms with E-state index in [4.69, 9.17) is 14.2 Å². The first kappa shape index (κ1) is 35.7. The predicted octanol–water partition coefficient (Wildman–Crippen LogP) is 8.05. The molecule has 0 bridgehead atoms. The van der Waals surface area contributed by atoms with Gasteiger partial charge in [-0.05, 0) is 45.4 Å². The summed E-state index contributed by atoms with van der Waals surface area (Å²) < 4.78 is 16.5. The minimum atomic E-state index is -0.704. The van der Waals surface area contributed by atoms with Gasteiger partial charge in [-0.2, -0.15) is 0 Å². The molecule has 0 aliphatic carbocycles. The van der Waals surface area contributed by atoms with Gasteiger partial charge < -0.3 is 24.2 Å². The Morgan fingerprint density at radius 3 is 1.76 bits per heavy atom. The SMILES string of the molecule is CCCCCCN(CCCC(CC(CCCCC)CCCCC)C(=O)O)C(=O)OCC(OCC)OCC. The molecule has 0 aromatic rings. The molecule has 1 atom stereocenters. The Bertz CT molecular complexity index is 528. The second kappa shape index (κ2) is 25.0. The highest BCUT2D eigenvalue weighted by atomic mass is 16.7. The Morgan fingerprint density at radius 1 is 0.703 bits per heavy atom. The molecule has 0 rings (SSSR count). The molecular formula is C30H59NO6. The molecule has 7 nitrogen and oxygen atoms in total. The second-order valence-electron chi connectivity index (χ2n) is 10.2. The van der Waals surface area contributed by atoms with Crippen molar-refractivity contribution in [2.24, 2.45) is 11.8 Å². The lowest BCUT2D eigenvalue weighted by atomic mass is 9.84. The quantitative estimate of drug-likeness (QED) is 0.0901. The summed E-state index contributed by atoms with van der Waals surface area (Å²) in [6, 6.07) is 0. The van der Waals surface area contributed by atoms with Crippen molar-refractivity contribution in [3.05, 3.63) is 0 Å². The number of hydrogen-bond donors (Lipinski definition) is 1. The van der Waals surface area contributed by atoms with Crippen LogP contribution in [0, 0.1) is 11.8 Å². The van der Waals surface area contributed by atoms with Crippen LogP contribution in [0.2, 0.25) is 0 Å². The minimum Gasteiger partial charge on any atom is -0.481 e. The fourth-order valence-corrected chi connectivity index (χ4v) is 4.79. The zero-order chi connectivity index (χ0) is 27.7. The molecule has 0 saturated carbocycles. The van der Waals surface area contributed by atoms with Gasteiger partial charge in [0.1, 0.15) is 6.61 Å². The van der Waals surface area contributed by atoms with Crippen LogP contribution in [0.25, 0.3) is 0 Å². The Balaban J connectivity index is 4.99. The Hall–Kier alpha value is -1.34. The molecule has 0 heterocycles. The zero-order valence-corrected chi connectivity index (χ0v) is 24.8. The highest BCUT2D eigenvalue weighted by molar-refractivity contribution is 5.70. The van der Waals surface area contributed by atoms with Crippen LogP contribution in [-0.4, -0.2) is 61.3 Å². The van der Waals surface area contributed by atoms with Gasteiger partial charge in [-0.3, -0.25) is 4.79 Å². The summed E-state index contributed by atoms with van der Waals surface area (Å²) in [5, 5.41) is 9.95. The number of amides is 1. The van der Waals surface area contributed by atoms with E-state index >= 15 is 0 Å². The number of nitrogens with zero attached hydrogens (tertiary/aromatic N) is 1. The van der Waals surface area contributed by atoms with Crippen LogP contribution in [-0.2, 0) is 19.0 Å². The van der Waals surface area contributed by atoms with Gasteiger partial charge in [0.2, 0.25) is 0 Å². The van der Waals surface area contributed by atoms with Gasteiger partial charge in [0.25, 0.3) is 0 Å². The number of hydrogen-bond acceptors (Lipinski definition) is 5. The van der Waals surface area contributed by atoms with Crippen LogP contribution in [0.3, 0.4) is 0 Å². The lowest BCUT2D eigenvalue weighted by molar-refractivity contribution is -0.158. The average molecular weight is 530 g/mol. The maximum atomic E-state index is 12.9. The Kier molecular flexibility index (Phi) is 24.1. The van der Waals surface area contributed by atoms with E-state index in [2.05, 4.69) is 20.8 Å². The first-order chi connectivity index (χ1) is 17.9. The van der Waals surface area contributed by atoms with Crippen molar-refractivity contribution in [3.63, 3.8) is 0 Å². The fourth-order valence-electron chi connectivity index (χ4n) is 4.79. The highest BCUT2D eigenvalue weighted by Crippen LogP contribution is 2.27. The summed E-state index contributed by atoms with van der Waals surface area (Å²) in [4.78, 5) is 26.7. The Labute approximate surface area is 228 Å². The van der Waals surface area contributed by atoms with Gasteiger partial charge >= 0.3 is 12.1 Å². The van der Waals surface area contributed by atoms with E-state index < -0.39 is 12.3 Å². The minimum absolute atomic E-state index is 0.0565. The van der Waals surface area contributed by atoms with Crippen molar-refractivity contribution in [3.8, 4) is 0 Å². The summed E-state index contributed by atoms with van der Waals surface area (Å²) in [7, 11) is 0. The van der Waals surface area contributed by atoms with Crippen molar-refractivity contribution < 1.29 is 28.9 Å². The molecule has 220 valence electrons. The van der Waals surface area contributed by atoms with E-state index in [1.165, 1.54) is 38.5 Å². The van der Waals surface area contributed by atoms with Crippen LogP contribution in [0.4, 0.5) is 4.79 Å². The molecule has 1 unspecified atom stereocenters. The van der Waals surface area contributed by atoms with E-state index in [0.29, 0.717) is 45.1 Å². The topological polar surface area (TPSA) is 85.3 Å². The maximum absolute atomic E-state index is 12.9. The highest BCUT2D eigenvalue weighted by Gasteiger charge is 2.24. The standard InChI is InChI=1S/C30H59NO6/c1-6-11-14-17-22-31(30(34)37-25-28(35-9-4)36-10-5)23-18-21-27(29(32)33)24-26(19-15-12-7-2)20-16-13-8-3/h26-28H,6-25H2,1-5H3,(H,32,33). The molecule has 1 amide bonds. The van der Waals surface area contributed by atoms with Crippen molar-refractivity contribution in [2.75, 3.05) is 32.9 Å². The third-order valence-electron chi connectivity index (χ3n) is 6.97. The fraction of sp³-hybridized carbons (Fsp3) is 0.933. The lowest BCUT2D eigenvalue weighted by Gasteiger charge is -2.25. The van der Waals surface area contributed by atoms with E-state index in [9.17, 15) is 14.7 Å². The average Bonchev–Trinajstić information content (AvgIpc) is 2.87. The molecule has 0 aromatic carbocycles. The second-order valence-corrected chi connectivity index (χ2v) is 10.2. The molecule has 0 saturated heterocycles. The summed E-state index contributed by atoms with van der Waals surface area (Å²) in [5.74, 6) is -0.584. The molecule has 0 radical (unpaired) electrons. The van der Waals surface area contributed by atoms with E-state index in [1.807, 2.05) is 13.8 Å². The summed E-state index contributed by atoms with van der Waals surface area (Å²) in [6.45, 7) is 12.5. The number of rotatable bonds is 26. The van der Waals surface area contributed by atoms with Crippen LogP contribution >= 0.6 is 0 Å². The lowest BCUT2D eigenvalue weighted by Crippen LogP contribution is -2.36. The van der Waals surface area contributed by atoms with Crippen molar-refractivity contribution >= 4 is 12.1 Å². The number of carboxylic acid groups (broad SMARTS) is 1. The molecule has 0 aliphatic rings. The van der Waals surface area contributed by atoms with Crippen molar-refractivity contribution in [1.29, 1.82) is 0 Å². The van der Waals surface area contributed by atoms with Crippen LogP contribution in [0.15, 0.2) is 0 Å². The summed E-state index contributed by atoms with van der Waals surface area (Å²) in [6.07, 6.45) is 14.7. The number of aliphatic carboxylic acids is 1. The van der Waals surface area contributed by atoms with Gasteiger partial charge in [0, 0.05) is 26.3 Å². The molecule has 0 aromatic heterocycles.